The van der Waals surface area contributed by atoms with Gasteiger partial charge in [-0.15, -0.1) is 0 Å². The van der Waals surface area contributed by atoms with Gasteiger partial charge in [-0.3, -0.25) is 0 Å². The lowest BCUT2D eigenvalue weighted by molar-refractivity contribution is 0.215. The zero-order valence-corrected chi connectivity index (χ0v) is 11.6. The highest BCUT2D eigenvalue weighted by molar-refractivity contribution is 5.23. The second-order valence-electron chi connectivity index (χ2n) is 5.27. The van der Waals surface area contributed by atoms with Gasteiger partial charge in [0.25, 0.3) is 0 Å². The molecule has 17 heavy (non-hydrogen) atoms. The third-order valence-electron chi connectivity index (χ3n) is 3.01. The largest absolute Gasteiger partial charge is 0.466 e. The van der Waals surface area contributed by atoms with E-state index in [0.29, 0.717) is 5.92 Å². The van der Waals surface area contributed by atoms with Crippen molar-refractivity contribution in [1.82, 2.24) is 5.32 Å². The van der Waals surface area contributed by atoms with Gasteiger partial charge in [0, 0.05) is 17.6 Å². The Morgan fingerprint density at radius 3 is 2.35 bits per heavy atom. The van der Waals surface area contributed by atoms with Gasteiger partial charge in [-0.1, -0.05) is 13.8 Å². The fourth-order valence-corrected chi connectivity index (χ4v) is 2.29. The summed E-state index contributed by atoms with van der Waals surface area (Å²) in [5, 5.41) is 12.8. The number of aliphatic hydroxyl groups is 1. The summed E-state index contributed by atoms with van der Waals surface area (Å²) in [6.07, 6.45) is 0.983. The minimum atomic E-state index is 0.152. The summed E-state index contributed by atoms with van der Waals surface area (Å²) < 4.78 is 5.53. The van der Waals surface area contributed by atoms with Crippen molar-refractivity contribution >= 4 is 0 Å². The highest BCUT2D eigenvalue weighted by Gasteiger charge is 2.17. The van der Waals surface area contributed by atoms with Crippen molar-refractivity contribution in [2.75, 3.05) is 6.61 Å². The molecule has 2 atom stereocenters. The predicted molar refractivity (Wildman–Crippen MR) is 70.1 cm³/mol. The normalized spacial score (nSPS) is 15.2. The van der Waals surface area contributed by atoms with E-state index in [2.05, 4.69) is 32.2 Å². The fourth-order valence-electron chi connectivity index (χ4n) is 2.29. The first-order valence-electron chi connectivity index (χ1n) is 6.37. The maximum absolute atomic E-state index is 9.36. The Morgan fingerprint density at radius 2 is 1.94 bits per heavy atom. The maximum Gasteiger partial charge on any atom is 0.105 e. The van der Waals surface area contributed by atoms with Crippen molar-refractivity contribution < 1.29 is 9.52 Å². The van der Waals surface area contributed by atoms with E-state index in [9.17, 15) is 5.11 Å². The van der Waals surface area contributed by atoms with Gasteiger partial charge < -0.3 is 14.8 Å². The van der Waals surface area contributed by atoms with Crippen LogP contribution in [0.25, 0.3) is 0 Å². The third kappa shape index (κ3) is 4.17. The molecule has 2 unspecified atom stereocenters. The lowest BCUT2D eigenvalue weighted by atomic mass is 10.0. The third-order valence-corrected chi connectivity index (χ3v) is 3.01. The van der Waals surface area contributed by atoms with Gasteiger partial charge in [0.2, 0.25) is 0 Å². The SMILES string of the molecule is Cc1cc(C(C)NC(CO)CC(C)C)c(C)o1. The van der Waals surface area contributed by atoms with Crippen molar-refractivity contribution in [1.29, 1.82) is 0 Å². The van der Waals surface area contributed by atoms with Gasteiger partial charge in [0.15, 0.2) is 0 Å². The molecule has 0 saturated carbocycles. The summed E-state index contributed by atoms with van der Waals surface area (Å²) in [4.78, 5) is 0. The summed E-state index contributed by atoms with van der Waals surface area (Å²) in [6, 6.07) is 2.43. The van der Waals surface area contributed by atoms with Crippen LogP contribution >= 0.6 is 0 Å². The average Bonchev–Trinajstić information content (AvgIpc) is 2.56. The summed E-state index contributed by atoms with van der Waals surface area (Å²) >= 11 is 0. The molecule has 0 aliphatic rings. The van der Waals surface area contributed by atoms with Crippen molar-refractivity contribution in [2.45, 2.75) is 53.1 Å². The molecular weight excluding hydrogens is 214 g/mol. The molecule has 1 rings (SSSR count). The molecule has 2 N–H and O–H groups in total. The van der Waals surface area contributed by atoms with E-state index in [1.54, 1.807) is 0 Å². The molecule has 0 amide bonds. The molecule has 0 fully saturated rings. The summed E-state index contributed by atoms with van der Waals surface area (Å²) in [5.41, 5.74) is 1.18. The second kappa shape index (κ2) is 6.22. The molecule has 3 heteroatoms. The number of aryl methyl sites for hydroxylation is 2. The molecule has 0 spiro atoms. The lowest BCUT2D eigenvalue weighted by Crippen LogP contribution is -2.35. The monoisotopic (exact) mass is 239 g/mol. The Hall–Kier alpha value is -0.800. The Bertz CT molecular complexity index is 344. The molecule has 0 bridgehead atoms. The smallest absolute Gasteiger partial charge is 0.105 e. The number of hydrogen-bond acceptors (Lipinski definition) is 3. The van der Waals surface area contributed by atoms with E-state index >= 15 is 0 Å². The molecule has 1 aromatic rings. The van der Waals surface area contributed by atoms with Crippen LogP contribution in [0, 0.1) is 19.8 Å². The van der Waals surface area contributed by atoms with E-state index in [1.165, 1.54) is 5.56 Å². The molecule has 0 radical (unpaired) electrons. The van der Waals surface area contributed by atoms with Crippen LogP contribution in [0.5, 0.6) is 0 Å². The van der Waals surface area contributed by atoms with E-state index in [-0.39, 0.29) is 18.7 Å². The van der Waals surface area contributed by atoms with Gasteiger partial charge in [-0.2, -0.15) is 0 Å². The highest BCUT2D eigenvalue weighted by atomic mass is 16.3. The van der Waals surface area contributed by atoms with Crippen LogP contribution in [0.3, 0.4) is 0 Å². The zero-order valence-electron chi connectivity index (χ0n) is 11.6. The molecular formula is C14H25NO2. The van der Waals surface area contributed by atoms with Crippen molar-refractivity contribution in [2.24, 2.45) is 5.92 Å². The van der Waals surface area contributed by atoms with Crippen LogP contribution in [-0.2, 0) is 0 Å². The molecule has 0 aliphatic heterocycles. The standard InChI is InChI=1S/C14H25NO2/c1-9(2)6-13(8-16)15-11(4)14-7-10(3)17-12(14)5/h7,9,11,13,15-16H,6,8H2,1-5H3. The first-order valence-corrected chi connectivity index (χ1v) is 6.37. The Labute approximate surface area is 104 Å². The molecule has 98 valence electrons. The summed E-state index contributed by atoms with van der Waals surface area (Å²) in [7, 11) is 0. The van der Waals surface area contributed by atoms with Gasteiger partial charge in [0.05, 0.1) is 6.61 Å². The summed E-state index contributed by atoms with van der Waals surface area (Å²) in [5.74, 6) is 2.48. The number of furan rings is 1. The van der Waals surface area contributed by atoms with Crippen molar-refractivity contribution in [3.63, 3.8) is 0 Å². The number of rotatable bonds is 6. The van der Waals surface area contributed by atoms with Crippen LogP contribution in [0.15, 0.2) is 10.5 Å². The number of hydrogen-bond donors (Lipinski definition) is 2. The van der Waals surface area contributed by atoms with Crippen LogP contribution < -0.4 is 5.32 Å². The molecule has 3 nitrogen and oxygen atoms in total. The minimum Gasteiger partial charge on any atom is -0.466 e. The summed E-state index contributed by atoms with van der Waals surface area (Å²) in [6.45, 7) is 10.6. The van der Waals surface area contributed by atoms with Crippen LogP contribution in [-0.4, -0.2) is 17.8 Å². The van der Waals surface area contributed by atoms with Gasteiger partial charge in [-0.05, 0) is 39.2 Å². The van der Waals surface area contributed by atoms with Crippen LogP contribution in [0.4, 0.5) is 0 Å². The average molecular weight is 239 g/mol. The van der Waals surface area contributed by atoms with Gasteiger partial charge in [0.1, 0.15) is 11.5 Å². The van der Waals surface area contributed by atoms with Gasteiger partial charge in [-0.25, -0.2) is 0 Å². The van der Waals surface area contributed by atoms with E-state index in [1.807, 2.05) is 13.8 Å². The topological polar surface area (TPSA) is 45.4 Å². The number of nitrogens with one attached hydrogen (secondary N) is 1. The van der Waals surface area contributed by atoms with Crippen molar-refractivity contribution in [3.8, 4) is 0 Å². The van der Waals surface area contributed by atoms with Crippen molar-refractivity contribution in [3.05, 3.63) is 23.2 Å². The second-order valence-corrected chi connectivity index (χ2v) is 5.27. The molecule has 1 aromatic heterocycles. The minimum absolute atomic E-state index is 0.152. The first kappa shape index (κ1) is 14.3. The molecule has 0 aliphatic carbocycles. The van der Waals surface area contributed by atoms with E-state index < -0.39 is 0 Å². The maximum atomic E-state index is 9.36. The Morgan fingerprint density at radius 1 is 1.29 bits per heavy atom. The highest BCUT2D eigenvalue weighted by Crippen LogP contribution is 2.22. The lowest BCUT2D eigenvalue weighted by Gasteiger charge is -2.23. The molecule has 0 saturated heterocycles. The Kier molecular flexibility index (Phi) is 5.22. The molecule has 1 heterocycles. The van der Waals surface area contributed by atoms with Crippen LogP contribution in [0.1, 0.15) is 50.3 Å². The van der Waals surface area contributed by atoms with E-state index in [4.69, 9.17) is 4.42 Å². The van der Waals surface area contributed by atoms with Crippen LogP contribution in [0.2, 0.25) is 0 Å². The Balaban J connectivity index is 2.64. The zero-order chi connectivity index (χ0) is 13.0. The van der Waals surface area contributed by atoms with Gasteiger partial charge >= 0.3 is 0 Å². The van der Waals surface area contributed by atoms with E-state index in [0.717, 1.165) is 17.9 Å². The molecule has 0 aromatic carbocycles. The first-order chi connectivity index (χ1) is 7.93. The fraction of sp³-hybridized carbons (Fsp3) is 0.714. The quantitative estimate of drug-likeness (QED) is 0.802. The number of aliphatic hydroxyl groups excluding tert-OH is 1. The predicted octanol–water partition coefficient (Wildman–Crippen LogP) is 2.95.